The average Bonchev–Trinajstić information content (AvgIpc) is 3.17. The molecular weight excluding hydrogens is 680 g/mol. The summed E-state index contributed by atoms with van der Waals surface area (Å²) < 4.78 is 0. The van der Waals surface area contributed by atoms with Gasteiger partial charge in [-0.15, -0.1) is 0 Å². The molecule has 0 bridgehead atoms. The largest absolute Gasteiger partial charge is 0.0654 e. The van der Waals surface area contributed by atoms with Gasteiger partial charge in [0.1, 0.15) is 0 Å². The Balaban J connectivity index is 3.06. The number of rotatable bonds is 50. The summed E-state index contributed by atoms with van der Waals surface area (Å²) in [4.78, 5) is 0. The van der Waals surface area contributed by atoms with Crippen molar-refractivity contribution in [3.05, 3.63) is 0 Å². The maximum Gasteiger partial charge on any atom is 0.0586 e. The fourth-order valence-electron chi connectivity index (χ4n) is 8.97. The minimum atomic E-state index is -0.525. The molecule has 0 saturated carbocycles. The first kappa shape index (κ1) is 55.4. The lowest BCUT2D eigenvalue weighted by Gasteiger charge is -2.10. The van der Waals surface area contributed by atoms with Gasteiger partial charge in [-0.3, -0.25) is 0 Å². The predicted molar refractivity (Wildman–Crippen MR) is 261 cm³/mol. The first-order valence-corrected chi connectivity index (χ1v) is 30.2. The van der Waals surface area contributed by atoms with Crippen molar-refractivity contribution in [2.45, 2.75) is 322 Å². The zero-order valence-corrected chi connectivity index (χ0v) is 40.7. The van der Waals surface area contributed by atoms with Gasteiger partial charge in [0, 0.05) is 27.3 Å². The Bertz CT molecular complexity index is 648. The summed E-state index contributed by atoms with van der Waals surface area (Å²) in [5.74, 6) is 0. The van der Waals surface area contributed by atoms with Gasteiger partial charge in [-0.25, -0.2) is 0 Å². The summed E-state index contributed by atoms with van der Waals surface area (Å²) in [6.45, 7) is 9.77. The number of unbranched alkanes of at least 4 members (excludes halogenated alkanes) is 48. The highest BCUT2D eigenvalue weighted by Crippen LogP contribution is 2.47. The second kappa shape index (κ2) is 48.8. The minimum Gasteiger partial charge on any atom is -0.0654 e. The Kier molecular flexibility index (Phi) is 49.2. The summed E-state index contributed by atoms with van der Waals surface area (Å²) >= 11 is 0. The van der Waals surface area contributed by atoms with E-state index in [1.165, 1.54) is 321 Å². The molecule has 332 valence electrons. The quantitative estimate of drug-likeness (QED) is 0.0425. The molecule has 0 amide bonds. The third-order valence-corrected chi connectivity index (χ3v) is 14.6. The van der Waals surface area contributed by atoms with E-state index in [0.29, 0.717) is 0 Å². The van der Waals surface area contributed by atoms with Crippen molar-refractivity contribution in [3.8, 4) is 0 Å². The number of hydrogen-bond acceptors (Lipinski definition) is 0. The molecule has 0 aromatic heterocycles. The molecule has 0 spiro atoms. The van der Waals surface area contributed by atoms with E-state index < -0.39 is 7.26 Å². The van der Waals surface area contributed by atoms with Crippen molar-refractivity contribution in [1.82, 2.24) is 0 Å². The molecule has 0 aliphatic carbocycles. The van der Waals surface area contributed by atoms with E-state index >= 15 is 0 Å². The lowest BCUT2D eigenvalue weighted by molar-refractivity contribution is 0.508. The smallest absolute Gasteiger partial charge is 0.0586 e. The van der Waals surface area contributed by atoms with Gasteiger partial charge >= 0.3 is 0 Å². The Labute approximate surface area is 353 Å². The van der Waals surface area contributed by atoms with Crippen molar-refractivity contribution >= 4 is 7.26 Å². The van der Waals surface area contributed by atoms with E-state index in [2.05, 4.69) is 26.9 Å². The van der Waals surface area contributed by atoms with Gasteiger partial charge in [0.15, 0.2) is 0 Å². The molecule has 1 heteroatoms. The zero-order valence-electron chi connectivity index (χ0n) is 39.8. The first-order valence-electron chi connectivity index (χ1n) is 26.9. The van der Waals surface area contributed by atoms with Crippen LogP contribution in [0.2, 0.25) is 0 Å². The summed E-state index contributed by atoms with van der Waals surface area (Å²) in [6, 6.07) is 0. The van der Waals surface area contributed by atoms with Crippen molar-refractivity contribution in [1.29, 1.82) is 0 Å². The Morgan fingerprint density at radius 3 is 0.382 bits per heavy atom. The SMILES string of the molecule is CCCCCCCCCCCCCCCCCCCCCCCCCCCCCCCCCCCCCCCCCCCCCCCCCCC[P+](C)(C)C. The van der Waals surface area contributed by atoms with Crippen molar-refractivity contribution < 1.29 is 0 Å². The van der Waals surface area contributed by atoms with Gasteiger partial charge in [-0.05, 0) is 12.8 Å². The third kappa shape index (κ3) is 54.4. The van der Waals surface area contributed by atoms with Gasteiger partial charge in [-0.1, -0.05) is 309 Å². The molecule has 0 unspecified atom stereocenters. The minimum absolute atomic E-state index is 0.525. The van der Waals surface area contributed by atoms with E-state index in [9.17, 15) is 0 Å². The van der Waals surface area contributed by atoms with Crippen LogP contribution in [0.4, 0.5) is 0 Å². The molecule has 0 atom stereocenters. The van der Waals surface area contributed by atoms with E-state index in [4.69, 9.17) is 0 Å². The lowest BCUT2D eigenvalue weighted by Crippen LogP contribution is -1.93. The van der Waals surface area contributed by atoms with Gasteiger partial charge in [-0.2, -0.15) is 0 Å². The first-order chi connectivity index (χ1) is 27.1. The summed E-state index contributed by atoms with van der Waals surface area (Å²) in [5.41, 5.74) is 0. The van der Waals surface area contributed by atoms with E-state index in [1.807, 2.05) is 0 Å². The van der Waals surface area contributed by atoms with Crippen LogP contribution in [0, 0.1) is 0 Å². The Hall–Kier alpha value is 0.430. The maximum atomic E-state index is 2.49. The van der Waals surface area contributed by atoms with Crippen LogP contribution in [0.5, 0.6) is 0 Å². The van der Waals surface area contributed by atoms with Gasteiger partial charge < -0.3 is 0 Å². The topological polar surface area (TPSA) is 0 Å². The van der Waals surface area contributed by atoms with Gasteiger partial charge in [0.25, 0.3) is 0 Å². The Morgan fingerprint density at radius 1 is 0.164 bits per heavy atom. The molecule has 55 heavy (non-hydrogen) atoms. The van der Waals surface area contributed by atoms with Gasteiger partial charge in [0.2, 0.25) is 0 Å². The molecular formula is C54H112P+. The lowest BCUT2D eigenvalue weighted by atomic mass is 10.0. The van der Waals surface area contributed by atoms with Crippen LogP contribution in [0.1, 0.15) is 322 Å². The summed E-state index contributed by atoms with van der Waals surface area (Å²) in [6.07, 6.45) is 74.6. The van der Waals surface area contributed by atoms with Crippen LogP contribution in [-0.2, 0) is 0 Å². The predicted octanol–water partition coefficient (Wildman–Crippen LogP) is 21.0. The Morgan fingerprint density at radius 2 is 0.273 bits per heavy atom. The van der Waals surface area contributed by atoms with Crippen molar-refractivity contribution in [2.75, 3.05) is 26.2 Å². The van der Waals surface area contributed by atoms with Crippen molar-refractivity contribution in [3.63, 3.8) is 0 Å². The monoisotopic (exact) mass is 792 g/mol. The van der Waals surface area contributed by atoms with Crippen LogP contribution in [0.3, 0.4) is 0 Å². The van der Waals surface area contributed by atoms with Crippen LogP contribution in [-0.4, -0.2) is 26.2 Å². The highest BCUT2D eigenvalue weighted by molar-refractivity contribution is 7.73. The number of hydrogen-bond donors (Lipinski definition) is 0. The summed E-state index contributed by atoms with van der Waals surface area (Å²) in [7, 11) is -0.525. The standard InChI is InChI=1S/C54H112P/c1-5-6-7-8-9-10-11-12-13-14-15-16-17-18-19-20-21-22-23-24-25-26-27-28-29-30-31-32-33-34-35-36-37-38-39-40-41-42-43-44-45-46-47-48-49-50-51-52-53-54-55(2,3)4/h5-54H2,1-4H3/q+1. The molecule has 0 aromatic rings. The fraction of sp³-hybridized carbons (Fsp3) is 1.00. The summed E-state index contributed by atoms with van der Waals surface area (Å²) in [5, 5.41) is 0. The van der Waals surface area contributed by atoms with Gasteiger partial charge in [0.05, 0.1) is 6.16 Å². The highest BCUT2D eigenvalue weighted by Gasteiger charge is 2.15. The van der Waals surface area contributed by atoms with Crippen LogP contribution in [0.15, 0.2) is 0 Å². The molecule has 0 fully saturated rings. The van der Waals surface area contributed by atoms with Crippen LogP contribution < -0.4 is 0 Å². The second-order valence-corrected chi connectivity index (χ2v) is 25.0. The maximum absolute atomic E-state index is 2.49. The normalized spacial score (nSPS) is 12.0. The fourth-order valence-corrected chi connectivity index (χ4v) is 10.1. The highest BCUT2D eigenvalue weighted by atomic mass is 31.2. The zero-order chi connectivity index (χ0) is 39.9. The molecule has 0 radical (unpaired) electrons. The van der Waals surface area contributed by atoms with E-state index in [1.54, 1.807) is 0 Å². The third-order valence-electron chi connectivity index (χ3n) is 12.9. The van der Waals surface area contributed by atoms with Crippen LogP contribution in [0.25, 0.3) is 0 Å². The second-order valence-electron chi connectivity index (χ2n) is 20.0. The molecule has 0 rings (SSSR count). The van der Waals surface area contributed by atoms with Crippen LogP contribution >= 0.6 is 7.26 Å². The average molecular weight is 792 g/mol. The molecule has 0 aromatic carbocycles. The molecule has 0 N–H and O–H groups in total. The molecule has 0 heterocycles. The molecule has 0 aliphatic heterocycles. The molecule has 0 saturated heterocycles. The molecule has 0 nitrogen and oxygen atoms in total. The van der Waals surface area contributed by atoms with Crippen molar-refractivity contribution in [2.24, 2.45) is 0 Å². The van der Waals surface area contributed by atoms with E-state index in [-0.39, 0.29) is 0 Å². The molecule has 0 aliphatic rings. The van der Waals surface area contributed by atoms with E-state index in [0.717, 1.165) is 0 Å².